The maximum absolute atomic E-state index is 3.78. The van der Waals surface area contributed by atoms with E-state index in [1.54, 1.807) is 0 Å². The first-order valence-corrected chi connectivity index (χ1v) is 10.1. The van der Waals surface area contributed by atoms with Crippen molar-refractivity contribution in [3.05, 3.63) is 69.6 Å². The third-order valence-electron chi connectivity index (χ3n) is 6.00. The van der Waals surface area contributed by atoms with Gasteiger partial charge in [0.1, 0.15) is 0 Å². The van der Waals surface area contributed by atoms with Crippen molar-refractivity contribution in [1.82, 2.24) is 0 Å². The number of hydrogen-bond acceptors (Lipinski definition) is 2. The minimum Gasteiger partial charge on any atom is -0.382 e. The Bertz CT molecular complexity index is 1030. The van der Waals surface area contributed by atoms with Crippen LogP contribution < -0.4 is 5.32 Å². The molecule has 0 radical (unpaired) electrons. The molecular weight excluding hydrogens is 370 g/mol. The summed E-state index contributed by atoms with van der Waals surface area (Å²) in [6.45, 7) is 6.99. The van der Waals surface area contributed by atoms with Crippen molar-refractivity contribution in [2.24, 2.45) is 0 Å². The Morgan fingerprint density at radius 2 is 1.85 bits per heavy atom. The van der Waals surface area contributed by atoms with Crippen LogP contribution in [0.1, 0.15) is 54.7 Å². The van der Waals surface area contributed by atoms with Crippen LogP contribution in [0.2, 0.25) is 0 Å². The van der Waals surface area contributed by atoms with E-state index in [1.807, 2.05) is 11.3 Å². The fraction of sp³-hybridized carbons (Fsp3) is 0.304. The number of thiophene rings is 1. The average Bonchev–Trinajstić information content (AvgIpc) is 3.10. The molecule has 2 aliphatic rings. The van der Waals surface area contributed by atoms with E-state index in [1.165, 1.54) is 61.3 Å². The molecule has 1 aliphatic heterocycles. The average molecular weight is 393 g/mol. The minimum atomic E-state index is 0. The van der Waals surface area contributed by atoms with Gasteiger partial charge < -0.3 is 5.32 Å². The molecule has 2 unspecified atom stereocenters. The van der Waals surface area contributed by atoms with Gasteiger partial charge >= 0.3 is 0 Å². The summed E-state index contributed by atoms with van der Waals surface area (Å²) < 4.78 is 1.41. The zero-order valence-corrected chi connectivity index (χ0v) is 17.9. The van der Waals surface area contributed by atoms with Gasteiger partial charge in [0.05, 0.1) is 0 Å². The van der Waals surface area contributed by atoms with Crippen molar-refractivity contribution in [3.63, 3.8) is 0 Å². The molecule has 2 heterocycles. The van der Waals surface area contributed by atoms with E-state index < -0.39 is 0 Å². The van der Waals surface area contributed by atoms with E-state index in [0.29, 0.717) is 12.0 Å². The van der Waals surface area contributed by atoms with Crippen LogP contribution in [0.25, 0.3) is 15.7 Å². The molecule has 3 heteroatoms. The summed E-state index contributed by atoms with van der Waals surface area (Å²) in [4.78, 5) is 1.49. The Morgan fingerprint density at radius 1 is 1.04 bits per heavy atom. The van der Waals surface area contributed by atoms with Gasteiger partial charge in [-0.1, -0.05) is 48.9 Å². The Kier molecular flexibility index (Phi) is 4.63. The standard InChI is InChI=1S/C23H23NS.Ti/c1-13-11-12-16-7-6-9-18(22(16)24-13)21-15(3)14(2)20-17-8-4-5-10-19(17)25-23(20)21;/h4-10,13-14,24H,11-12H2,1-3H3;. The second kappa shape index (κ2) is 6.67. The van der Waals surface area contributed by atoms with Gasteiger partial charge in [-0.05, 0) is 49.3 Å². The van der Waals surface area contributed by atoms with Crippen LogP contribution in [0.3, 0.4) is 0 Å². The molecule has 0 saturated heterocycles. The van der Waals surface area contributed by atoms with Gasteiger partial charge in [-0.2, -0.15) is 0 Å². The molecule has 26 heavy (non-hydrogen) atoms. The fourth-order valence-electron chi connectivity index (χ4n) is 4.51. The number of benzene rings is 2. The summed E-state index contributed by atoms with van der Waals surface area (Å²) in [7, 11) is 0. The van der Waals surface area contributed by atoms with Gasteiger partial charge in [0, 0.05) is 60.1 Å². The van der Waals surface area contributed by atoms with Crippen molar-refractivity contribution < 1.29 is 21.7 Å². The van der Waals surface area contributed by atoms with Crippen LogP contribution in [0, 0.1) is 0 Å². The van der Waals surface area contributed by atoms with Gasteiger partial charge in [0.2, 0.25) is 0 Å². The molecule has 0 amide bonds. The van der Waals surface area contributed by atoms with Crippen molar-refractivity contribution in [2.45, 2.75) is 45.6 Å². The fourth-order valence-corrected chi connectivity index (χ4v) is 5.93. The first-order chi connectivity index (χ1) is 12.1. The van der Waals surface area contributed by atoms with E-state index in [2.05, 4.69) is 68.6 Å². The van der Waals surface area contributed by atoms with E-state index in [-0.39, 0.29) is 21.7 Å². The van der Waals surface area contributed by atoms with E-state index >= 15 is 0 Å². The number of fused-ring (bicyclic) bond motifs is 4. The molecule has 5 rings (SSSR count). The van der Waals surface area contributed by atoms with Crippen LogP contribution >= 0.6 is 11.3 Å². The molecule has 0 fully saturated rings. The maximum atomic E-state index is 3.78. The molecule has 2 atom stereocenters. The molecule has 1 N–H and O–H groups in total. The second-order valence-corrected chi connectivity index (χ2v) is 8.60. The number of aryl methyl sites for hydroxylation is 1. The predicted molar refractivity (Wildman–Crippen MR) is 110 cm³/mol. The number of para-hydroxylation sites is 1. The van der Waals surface area contributed by atoms with Crippen LogP contribution in [0.15, 0.2) is 48.0 Å². The minimum absolute atomic E-state index is 0. The van der Waals surface area contributed by atoms with Crippen LogP contribution in [-0.2, 0) is 28.1 Å². The molecular formula is C23H23NSTi. The molecule has 0 saturated carbocycles. The Morgan fingerprint density at radius 3 is 2.69 bits per heavy atom. The van der Waals surface area contributed by atoms with Gasteiger partial charge in [0.25, 0.3) is 0 Å². The number of nitrogens with one attached hydrogen (secondary N) is 1. The first kappa shape index (κ1) is 18.0. The third kappa shape index (κ3) is 2.54. The topological polar surface area (TPSA) is 12.0 Å². The number of allylic oxidation sites excluding steroid dienone is 1. The Balaban J connectivity index is 0.00000168. The van der Waals surface area contributed by atoms with Crippen LogP contribution in [-0.4, -0.2) is 6.04 Å². The van der Waals surface area contributed by atoms with Gasteiger partial charge in [-0.25, -0.2) is 0 Å². The summed E-state index contributed by atoms with van der Waals surface area (Å²) in [6, 6.07) is 16.3. The molecule has 0 bridgehead atoms. The summed E-state index contributed by atoms with van der Waals surface area (Å²) in [6.07, 6.45) is 2.40. The zero-order chi connectivity index (χ0) is 17.1. The monoisotopic (exact) mass is 393 g/mol. The SMILES string of the molecule is CC1=C(c2cccc3c2NC(C)CC3)c2sc3ccccc3c2C1C.[Ti]. The van der Waals surface area contributed by atoms with E-state index in [0.717, 1.165) is 0 Å². The zero-order valence-electron chi connectivity index (χ0n) is 15.5. The normalized spacial score (nSPS) is 21.2. The van der Waals surface area contributed by atoms with Crippen molar-refractivity contribution in [2.75, 3.05) is 5.32 Å². The van der Waals surface area contributed by atoms with Crippen molar-refractivity contribution in [3.8, 4) is 0 Å². The summed E-state index contributed by atoms with van der Waals surface area (Å²) in [5.41, 5.74) is 8.77. The van der Waals surface area contributed by atoms with E-state index in [4.69, 9.17) is 0 Å². The maximum Gasteiger partial charge on any atom is 0.0454 e. The summed E-state index contributed by atoms with van der Waals surface area (Å²) in [5, 5.41) is 5.22. The largest absolute Gasteiger partial charge is 0.382 e. The molecule has 130 valence electrons. The molecule has 2 aromatic carbocycles. The third-order valence-corrected chi connectivity index (χ3v) is 7.20. The van der Waals surface area contributed by atoms with Gasteiger partial charge in [0.15, 0.2) is 0 Å². The second-order valence-electron chi connectivity index (χ2n) is 7.54. The molecule has 3 aromatic rings. The molecule has 1 aromatic heterocycles. The Hall–Kier alpha value is -1.35. The summed E-state index contributed by atoms with van der Waals surface area (Å²) >= 11 is 1.96. The number of anilines is 1. The molecule has 0 spiro atoms. The first-order valence-electron chi connectivity index (χ1n) is 9.26. The van der Waals surface area contributed by atoms with Gasteiger partial charge in [-0.3, -0.25) is 0 Å². The Labute approximate surface area is 174 Å². The predicted octanol–water partition coefficient (Wildman–Crippen LogP) is 6.58. The number of rotatable bonds is 1. The molecule has 1 nitrogen and oxygen atoms in total. The van der Waals surface area contributed by atoms with Crippen LogP contribution in [0.5, 0.6) is 0 Å². The van der Waals surface area contributed by atoms with E-state index in [9.17, 15) is 0 Å². The van der Waals surface area contributed by atoms with Crippen molar-refractivity contribution in [1.29, 1.82) is 0 Å². The quantitative estimate of drug-likeness (QED) is 0.460. The van der Waals surface area contributed by atoms with Crippen LogP contribution in [0.4, 0.5) is 5.69 Å². The van der Waals surface area contributed by atoms with Crippen molar-refractivity contribution >= 4 is 32.7 Å². The smallest absolute Gasteiger partial charge is 0.0454 e. The number of hydrogen-bond donors (Lipinski definition) is 1. The summed E-state index contributed by atoms with van der Waals surface area (Å²) in [5.74, 6) is 0.498. The molecule has 1 aliphatic carbocycles. The van der Waals surface area contributed by atoms with Gasteiger partial charge in [-0.15, -0.1) is 11.3 Å².